The van der Waals surface area contributed by atoms with E-state index in [9.17, 15) is 27.2 Å². The van der Waals surface area contributed by atoms with Crippen molar-refractivity contribution >= 4 is 17.7 Å². The van der Waals surface area contributed by atoms with Crippen molar-refractivity contribution in [1.29, 1.82) is 0 Å². The van der Waals surface area contributed by atoms with E-state index in [4.69, 9.17) is 5.11 Å². The van der Waals surface area contributed by atoms with Crippen LogP contribution < -0.4 is 10.6 Å². The molecule has 0 saturated carbocycles. The van der Waals surface area contributed by atoms with Crippen molar-refractivity contribution in [2.45, 2.75) is 6.18 Å². The highest BCUT2D eigenvalue weighted by molar-refractivity contribution is 5.91. The summed E-state index contributed by atoms with van der Waals surface area (Å²) in [5.74, 6) is -2.42. The van der Waals surface area contributed by atoms with Gasteiger partial charge in [-0.05, 0) is 18.2 Å². The van der Waals surface area contributed by atoms with Gasteiger partial charge >= 0.3 is 18.2 Å². The van der Waals surface area contributed by atoms with E-state index >= 15 is 0 Å². The summed E-state index contributed by atoms with van der Waals surface area (Å²) in [7, 11) is 0. The molecule has 1 aromatic carbocycles. The van der Waals surface area contributed by atoms with E-state index in [-0.39, 0.29) is 0 Å². The highest BCUT2D eigenvalue weighted by Crippen LogP contribution is 2.31. The lowest BCUT2D eigenvalue weighted by atomic mass is 10.2. The van der Waals surface area contributed by atoms with E-state index in [0.717, 1.165) is 0 Å². The van der Waals surface area contributed by atoms with Crippen molar-refractivity contribution in [3.05, 3.63) is 29.6 Å². The number of alkyl halides is 3. The molecule has 5 nitrogen and oxygen atoms in total. The van der Waals surface area contributed by atoms with Crippen molar-refractivity contribution in [2.24, 2.45) is 0 Å². The minimum atomic E-state index is -4.68. The fourth-order valence-electron chi connectivity index (χ4n) is 1.12. The van der Waals surface area contributed by atoms with Gasteiger partial charge in [0.15, 0.2) is 0 Å². The molecule has 0 aliphatic heterocycles. The van der Waals surface area contributed by atoms with Gasteiger partial charge in [0.05, 0.1) is 11.3 Å². The first-order valence-corrected chi connectivity index (χ1v) is 4.83. The van der Waals surface area contributed by atoms with Crippen LogP contribution in [-0.4, -0.2) is 23.7 Å². The summed E-state index contributed by atoms with van der Waals surface area (Å²) in [5.41, 5.74) is -1.83. The zero-order chi connectivity index (χ0) is 14.6. The van der Waals surface area contributed by atoms with E-state index in [1.807, 2.05) is 5.32 Å². The number of hydrogen-bond donors (Lipinski definition) is 3. The highest BCUT2D eigenvalue weighted by Gasteiger charge is 2.31. The standard InChI is InChI=1S/C10H8F4N2O3/c11-6-2-1-5(10(12,13)14)3-7(6)16-9(19)15-4-8(17)18/h1-3H,4H2,(H,17,18)(H2,15,16,19). The molecule has 0 saturated heterocycles. The number of benzene rings is 1. The van der Waals surface area contributed by atoms with Gasteiger partial charge in [0.1, 0.15) is 12.4 Å². The van der Waals surface area contributed by atoms with Gasteiger partial charge in [0.2, 0.25) is 0 Å². The summed E-state index contributed by atoms with van der Waals surface area (Å²) >= 11 is 0. The number of aliphatic carboxylic acids is 1. The average molecular weight is 280 g/mol. The van der Waals surface area contributed by atoms with Crippen molar-refractivity contribution in [1.82, 2.24) is 5.32 Å². The van der Waals surface area contributed by atoms with E-state index in [2.05, 4.69) is 0 Å². The highest BCUT2D eigenvalue weighted by atomic mass is 19.4. The Bertz CT molecular complexity index is 502. The summed E-state index contributed by atoms with van der Waals surface area (Å²) < 4.78 is 50.3. The van der Waals surface area contributed by atoms with Gasteiger partial charge in [-0.2, -0.15) is 13.2 Å². The average Bonchev–Trinajstić information content (AvgIpc) is 2.28. The zero-order valence-corrected chi connectivity index (χ0v) is 9.21. The molecule has 0 aliphatic rings. The minimum Gasteiger partial charge on any atom is -0.480 e. The second-order valence-electron chi connectivity index (χ2n) is 3.39. The van der Waals surface area contributed by atoms with Crippen LogP contribution in [0.3, 0.4) is 0 Å². The first kappa shape index (κ1) is 14.7. The lowest BCUT2D eigenvalue weighted by Gasteiger charge is -2.11. The Kier molecular flexibility index (Phi) is 4.30. The van der Waals surface area contributed by atoms with Crippen molar-refractivity contribution in [3.63, 3.8) is 0 Å². The Hall–Kier alpha value is -2.32. The fourth-order valence-corrected chi connectivity index (χ4v) is 1.12. The fraction of sp³-hybridized carbons (Fsp3) is 0.200. The summed E-state index contributed by atoms with van der Waals surface area (Å²) in [4.78, 5) is 21.2. The molecule has 0 spiro atoms. The summed E-state index contributed by atoms with van der Waals surface area (Å²) in [6.45, 7) is -0.744. The Labute approximate surface area is 104 Å². The summed E-state index contributed by atoms with van der Waals surface area (Å²) in [5, 5.41) is 11.9. The van der Waals surface area contributed by atoms with Crippen LogP contribution in [0.25, 0.3) is 0 Å². The van der Waals surface area contributed by atoms with E-state index in [1.54, 1.807) is 5.32 Å². The molecule has 9 heteroatoms. The quantitative estimate of drug-likeness (QED) is 0.741. The predicted octanol–water partition coefficient (Wildman–Crippen LogP) is 2.05. The van der Waals surface area contributed by atoms with Crippen LogP contribution >= 0.6 is 0 Å². The van der Waals surface area contributed by atoms with Gasteiger partial charge < -0.3 is 15.7 Å². The maximum Gasteiger partial charge on any atom is 0.416 e. The Morgan fingerprint density at radius 3 is 2.42 bits per heavy atom. The summed E-state index contributed by atoms with van der Waals surface area (Å²) in [6.07, 6.45) is -4.68. The molecular formula is C10H8F4N2O3. The number of nitrogens with one attached hydrogen (secondary N) is 2. The molecule has 19 heavy (non-hydrogen) atoms. The monoisotopic (exact) mass is 280 g/mol. The van der Waals surface area contributed by atoms with Gasteiger partial charge in [-0.1, -0.05) is 0 Å². The Morgan fingerprint density at radius 1 is 1.26 bits per heavy atom. The number of carboxylic acids is 1. The van der Waals surface area contributed by atoms with Crippen LogP contribution in [0.5, 0.6) is 0 Å². The molecule has 1 aromatic rings. The first-order chi connectivity index (χ1) is 8.70. The molecule has 0 bridgehead atoms. The maximum absolute atomic E-state index is 13.2. The van der Waals surface area contributed by atoms with Crippen LogP contribution in [0.4, 0.5) is 28.0 Å². The van der Waals surface area contributed by atoms with Crippen LogP contribution in [-0.2, 0) is 11.0 Å². The third-order valence-electron chi connectivity index (χ3n) is 1.94. The zero-order valence-electron chi connectivity index (χ0n) is 9.21. The SMILES string of the molecule is O=C(O)CNC(=O)Nc1cc(C(F)(F)F)ccc1F. The molecule has 1 rings (SSSR count). The predicted molar refractivity (Wildman–Crippen MR) is 56.1 cm³/mol. The number of carbonyl (C=O) groups excluding carboxylic acids is 1. The minimum absolute atomic E-state index is 0.412. The van der Waals surface area contributed by atoms with E-state index in [0.29, 0.717) is 18.2 Å². The molecule has 0 heterocycles. The lowest BCUT2D eigenvalue weighted by Crippen LogP contribution is -2.33. The summed E-state index contributed by atoms with van der Waals surface area (Å²) in [6, 6.07) is 0.363. The number of amides is 2. The lowest BCUT2D eigenvalue weighted by molar-refractivity contribution is -0.137. The van der Waals surface area contributed by atoms with E-state index in [1.165, 1.54) is 0 Å². The molecule has 0 fully saturated rings. The number of urea groups is 1. The van der Waals surface area contributed by atoms with Gasteiger partial charge in [0.25, 0.3) is 0 Å². The molecule has 0 unspecified atom stereocenters. The topological polar surface area (TPSA) is 78.4 Å². The number of halogens is 4. The number of rotatable bonds is 3. The van der Waals surface area contributed by atoms with Gasteiger partial charge in [-0.25, -0.2) is 9.18 Å². The van der Waals surface area contributed by atoms with Crippen molar-refractivity contribution in [3.8, 4) is 0 Å². The number of carboxylic acid groups (broad SMARTS) is 1. The third-order valence-corrected chi connectivity index (χ3v) is 1.94. The van der Waals surface area contributed by atoms with Crippen LogP contribution in [0.2, 0.25) is 0 Å². The molecular weight excluding hydrogens is 272 g/mol. The van der Waals surface area contributed by atoms with Gasteiger partial charge in [-0.15, -0.1) is 0 Å². The number of carbonyl (C=O) groups is 2. The second kappa shape index (κ2) is 5.55. The van der Waals surface area contributed by atoms with Crippen LogP contribution in [0, 0.1) is 5.82 Å². The maximum atomic E-state index is 13.2. The Balaban J connectivity index is 2.83. The van der Waals surface area contributed by atoms with Crippen LogP contribution in [0.1, 0.15) is 5.56 Å². The molecule has 0 radical (unpaired) electrons. The largest absolute Gasteiger partial charge is 0.480 e. The number of hydrogen-bond acceptors (Lipinski definition) is 2. The van der Waals surface area contributed by atoms with Gasteiger partial charge in [0, 0.05) is 0 Å². The number of anilines is 1. The first-order valence-electron chi connectivity index (χ1n) is 4.83. The van der Waals surface area contributed by atoms with E-state index < -0.39 is 41.8 Å². The third kappa shape index (κ3) is 4.45. The molecule has 2 amide bonds. The van der Waals surface area contributed by atoms with Crippen LogP contribution in [0.15, 0.2) is 18.2 Å². The van der Waals surface area contributed by atoms with Crippen molar-refractivity contribution < 1.29 is 32.3 Å². The molecule has 0 atom stereocenters. The van der Waals surface area contributed by atoms with Crippen molar-refractivity contribution in [2.75, 3.05) is 11.9 Å². The Morgan fingerprint density at radius 2 is 1.89 bits per heavy atom. The molecule has 0 aromatic heterocycles. The normalized spacial score (nSPS) is 10.9. The second-order valence-corrected chi connectivity index (χ2v) is 3.39. The molecule has 3 N–H and O–H groups in total. The van der Waals surface area contributed by atoms with Gasteiger partial charge in [-0.3, -0.25) is 4.79 Å². The molecule has 0 aliphatic carbocycles. The molecule has 104 valence electrons. The smallest absolute Gasteiger partial charge is 0.416 e.